The number of alkyl halides is 1. The standard InChI is InChI=1S/C27H26Cl2FNO5S/c1-17(2)36-18-9-11-19(12-10-18)37(33,34)31-24-16-25(35-3)22(29)15-21(24)27(26(31)32,13-6-14-28)20-7-4-5-8-23(20)30/h4-5,7-12,15-17H,6,13-14H2,1-3H3. The monoisotopic (exact) mass is 565 g/mol. The number of fused-ring (bicyclic) bond motifs is 1. The van der Waals surface area contributed by atoms with Crippen molar-refractivity contribution in [2.45, 2.75) is 43.1 Å². The van der Waals surface area contributed by atoms with E-state index in [0.717, 1.165) is 4.31 Å². The molecule has 1 aliphatic rings. The molecule has 0 aromatic heterocycles. The van der Waals surface area contributed by atoms with Crippen LogP contribution in [0.4, 0.5) is 10.1 Å². The molecule has 1 heterocycles. The molecule has 37 heavy (non-hydrogen) atoms. The van der Waals surface area contributed by atoms with Crippen molar-refractivity contribution < 1.29 is 27.1 Å². The summed E-state index contributed by atoms with van der Waals surface area (Å²) in [7, 11) is -3.04. The molecule has 1 aliphatic heterocycles. The van der Waals surface area contributed by atoms with Gasteiger partial charge in [-0.2, -0.15) is 0 Å². The third-order valence-electron chi connectivity index (χ3n) is 6.25. The fourth-order valence-electron chi connectivity index (χ4n) is 4.69. The number of anilines is 1. The summed E-state index contributed by atoms with van der Waals surface area (Å²) < 4.78 is 54.9. The number of hydrogen-bond donors (Lipinski definition) is 0. The highest BCUT2D eigenvalue weighted by atomic mass is 35.5. The van der Waals surface area contributed by atoms with E-state index >= 15 is 4.39 Å². The molecule has 6 nitrogen and oxygen atoms in total. The molecular weight excluding hydrogens is 540 g/mol. The Kier molecular flexibility index (Phi) is 7.74. The molecule has 0 saturated heterocycles. The molecule has 10 heteroatoms. The minimum atomic E-state index is -4.43. The van der Waals surface area contributed by atoms with Gasteiger partial charge in [-0.05, 0) is 68.7 Å². The Hall–Kier alpha value is -2.81. The van der Waals surface area contributed by atoms with E-state index in [-0.39, 0.29) is 50.9 Å². The number of hydrogen-bond acceptors (Lipinski definition) is 5. The normalized spacial score (nSPS) is 17.3. The van der Waals surface area contributed by atoms with Crippen molar-refractivity contribution in [2.75, 3.05) is 17.3 Å². The maximum Gasteiger partial charge on any atom is 0.270 e. The number of nitrogens with zero attached hydrogens (tertiary/aromatic N) is 1. The average Bonchev–Trinajstić information content (AvgIpc) is 3.10. The third-order valence-corrected chi connectivity index (χ3v) is 8.52. The zero-order valence-electron chi connectivity index (χ0n) is 20.5. The number of ether oxygens (including phenoxy) is 2. The number of halogens is 3. The van der Waals surface area contributed by atoms with Crippen molar-refractivity contribution in [3.63, 3.8) is 0 Å². The first-order valence-electron chi connectivity index (χ1n) is 11.6. The summed E-state index contributed by atoms with van der Waals surface area (Å²) in [4.78, 5) is 14.2. The van der Waals surface area contributed by atoms with Gasteiger partial charge in [0.05, 0.1) is 28.8 Å². The van der Waals surface area contributed by atoms with Crippen LogP contribution >= 0.6 is 23.2 Å². The van der Waals surface area contributed by atoms with Crippen LogP contribution in [0, 0.1) is 5.82 Å². The summed E-state index contributed by atoms with van der Waals surface area (Å²) in [6.45, 7) is 3.71. The van der Waals surface area contributed by atoms with E-state index in [2.05, 4.69) is 0 Å². The fraction of sp³-hybridized carbons (Fsp3) is 0.296. The highest BCUT2D eigenvalue weighted by Crippen LogP contribution is 2.53. The molecule has 0 N–H and O–H groups in total. The van der Waals surface area contributed by atoms with Crippen LogP contribution in [-0.4, -0.2) is 33.4 Å². The zero-order chi connectivity index (χ0) is 27.0. The first-order chi connectivity index (χ1) is 17.6. The molecule has 0 radical (unpaired) electrons. The second kappa shape index (κ2) is 10.5. The van der Waals surface area contributed by atoms with Crippen molar-refractivity contribution in [2.24, 2.45) is 0 Å². The summed E-state index contributed by atoms with van der Waals surface area (Å²) in [6.07, 6.45) is 0.286. The molecule has 0 spiro atoms. The third kappa shape index (κ3) is 4.67. The van der Waals surface area contributed by atoms with Crippen LogP contribution in [0.2, 0.25) is 5.02 Å². The van der Waals surface area contributed by atoms with E-state index in [1.54, 1.807) is 6.07 Å². The highest BCUT2D eigenvalue weighted by Gasteiger charge is 2.56. The van der Waals surface area contributed by atoms with Gasteiger partial charge in [0.25, 0.3) is 15.9 Å². The van der Waals surface area contributed by atoms with Crippen LogP contribution in [-0.2, 0) is 20.2 Å². The SMILES string of the molecule is COc1cc2c(cc1Cl)C(CCCCl)(c1ccccc1F)C(=O)N2S(=O)(=O)c1ccc(OC(C)C)cc1. The van der Waals surface area contributed by atoms with Crippen molar-refractivity contribution in [1.82, 2.24) is 0 Å². The summed E-state index contributed by atoms with van der Waals surface area (Å²) in [5, 5.41) is 0.162. The minimum absolute atomic E-state index is 0.0472. The largest absolute Gasteiger partial charge is 0.495 e. The van der Waals surface area contributed by atoms with Crippen LogP contribution < -0.4 is 13.8 Å². The van der Waals surface area contributed by atoms with E-state index in [0.29, 0.717) is 12.2 Å². The number of sulfonamides is 1. The van der Waals surface area contributed by atoms with E-state index in [1.807, 2.05) is 13.8 Å². The molecule has 0 saturated carbocycles. The van der Waals surface area contributed by atoms with Gasteiger partial charge in [0.2, 0.25) is 0 Å². The lowest BCUT2D eigenvalue weighted by Gasteiger charge is -2.29. The van der Waals surface area contributed by atoms with Crippen molar-refractivity contribution in [3.8, 4) is 11.5 Å². The molecule has 1 unspecified atom stereocenters. The second-order valence-corrected chi connectivity index (χ2v) is 11.5. The maximum absolute atomic E-state index is 15.3. The van der Waals surface area contributed by atoms with Crippen LogP contribution in [0.3, 0.4) is 0 Å². The molecule has 1 amide bonds. The van der Waals surface area contributed by atoms with Gasteiger partial charge in [-0.3, -0.25) is 4.79 Å². The predicted octanol–water partition coefficient (Wildman–Crippen LogP) is 6.32. The lowest BCUT2D eigenvalue weighted by molar-refractivity contribution is -0.121. The molecule has 1 atom stereocenters. The fourth-order valence-corrected chi connectivity index (χ4v) is 6.54. The zero-order valence-corrected chi connectivity index (χ0v) is 22.8. The number of amides is 1. The van der Waals surface area contributed by atoms with Crippen LogP contribution in [0.25, 0.3) is 0 Å². The molecule has 4 rings (SSSR count). The summed E-state index contributed by atoms with van der Waals surface area (Å²) >= 11 is 12.4. The topological polar surface area (TPSA) is 72.9 Å². The smallest absolute Gasteiger partial charge is 0.270 e. The van der Waals surface area contributed by atoms with Crippen LogP contribution in [0.1, 0.15) is 37.8 Å². The van der Waals surface area contributed by atoms with Crippen molar-refractivity contribution >= 4 is 44.8 Å². The maximum atomic E-state index is 15.3. The second-order valence-electron chi connectivity index (χ2n) is 8.89. The Labute approximate surface area is 226 Å². The van der Waals surface area contributed by atoms with E-state index in [1.165, 1.54) is 61.7 Å². The van der Waals surface area contributed by atoms with Gasteiger partial charge in [0, 0.05) is 17.5 Å². The Morgan fingerprint density at radius 1 is 1.05 bits per heavy atom. The van der Waals surface area contributed by atoms with E-state index in [9.17, 15) is 13.2 Å². The van der Waals surface area contributed by atoms with Gasteiger partial charge in [-0.1, -0.05) is 29.8 Å². The van der Waals surface area contributed by atoms with Gasteiger partial charge in [-0.15, -0.1) is 11.6 Å². The molecule has 0 fully saturated rings. The Bertz CT molecular complexity index is 1430. The lowest BCUT2D eigenvalue weighted by atomic mass is 9.72. The molecule has 3 aromatic rings. The highest BCUT2D eigenvalue weighted by molar-refractivity contribution is 7.93. The van der Waals surface area contributed by atoms with Gasteiger partial charge < -0.3 is 9.47 Å². The number of carbonyl (C=O) groups excluding carboxylic acids is 1. The van der Waals surface area contributed by atoms with Gasteiger partial charge in [0.1, 0.15) is 22.7 Å². The van der Waals surface area contributed by atoms with E-state index < -0.39 is 27.2 Å². The van der Waals surface area contributed by atoms with Gasteiger partial charge in [0.15, 0.2) is 0 Å². The molecular formula is C27H26Cl2FNO5S. The van der Waals surface area contributed by atoms with Crippen molar-refractivity contribution in [1.29, 1.82) is 0 Å². The number of methoxy groups -OCH3 is 1. The van der Waals surface area contributed by atoms with E-state index in [4.69, 9.17) is 32.7 Å². The quantitative estimate of drug-likeness (QED) is 0.284. The van der Waals surface area contributed by atoms with Crippen LogP contribution in [0.5, 0.6) is 11.5 Å². The van der Waals surface area contributed by atoms with Gasteiger partial charge >= 0.3 is 0 Å². The molecule has 0 aliphatic carbocycles. The van der Waals surface area contributed by atoms with Crippen molar-refractivity contribution in [3.05, 3.63) is 82.6 Å². The number of carbonyl (C=O) groups is 1. The number of benzene rings is 3. The molecule has 0 bridgehead atoms. The first-order valence-corrected chi connectivity index (χ1v) is 14.0. The van der Waals surface area contributed by atoms with Gasteiger partial charge in [-0.25, -0.2) is 17.1 Å². The summed E-state index contributed by atoms with van der Waals surface area (Å²) in [5.74, 6) is -0.608. The first kappa shape index (κ1) is 27.2. The lowest BCUT2D eigenvalue weighted by Crippen LogP contribution is -2.44. The Morgan fingerprint density at radius 2 is 1.73 bits per heavy atom. The molecule has 3 aromatic carbocycles. The Morgan fingerprint density at radius 3 is 2.32 bits per heavy atom. The average molecular weight is 566 g/mol. The minimum Gasteiger partial charge on any atom is -0.495 e. The Balaban J connectivity index is 1.97. The summed E-state index contributed by atoms with van der Waals surface area (Å²) in [6, 6.07) is 14.5. The predicted molar refractivity (Wildman–Crippen MR) is 142 cm³/mol. The molecule has 196 valence electrons. The van der Waals surface area contributed by atoms with Crippen LogP contribution in [0.15, 0.2) is 65.6 Å². The number of rotatable bonds is 9. The summed E-state index contributed by atoms with van der Waals surface area (Å²) in [5.41, 5.74) is -1.31.